The van der Waals surface area contributed by atoms with Crippen LogP contribution in [0.1, 0.15) is 85.6 Å². The largest absolute Gasteiger partial charge is 0.495 e. The number of sulfonamides is 1. The van der Waals surface area contributed by atoms with Crippen molar-refractivity contribution in [3.05, 3.63) is 23.8 Å². The van der Waals surface area contributed by atoms with E-state index in [1.165, 1.54) is 0 Å². The van der Waals surface area contributed by atoms with Crippen LogP contribution < -0.4 is 9.46 Å². The summed E-state index contributed by atoms with van der Waals surface area (Å²) in [5.74, 6) is 0.858. The van der Waals surface area contributed by atoms with Crippen LogP contribution in [-0.4, -0.2) is 20.3 Å². The number of anilines is 1. The van der Waals surface area contributed by atoms with Crippen molar-refractivity contribution in [2.24, 2.45) is 5.41 Å². The van der Waals surface area contributed by atoms with Crippen LogP contribution in [0.2, 0.25) is 0 Å². The Morgan fingerprint density at radius 3 is 1.96 bits per heavy atom. The van der Waals surface area contributed by atoms with Crippen molar-refractivity contribution in [2.75, 3.05) is 11.8 Å². The van der Waals surface area contributed by atoms with E-state index in [1.54, 1.807) is 7.11 Å². The Morgan fingerprint density at radius 2 is 1.58 bits per heavy atom. The molecule has 0 aliphatic carbocycles. The molecule has 0 spiro atoms. The lowest BCUT2D eigenvalue weighted by atomic mass is 9.69. The first-order valence-electron chi connectivity index (χ1n) is 9.78. The third kappa shape index (κ3) is 3.88. The van der Waals surface area contributed by atoms with Crippen molar-refractivity contribution < 1.29 is 13.2 Å². The van der Waals surface area contributed by atoms with E-state index in [1.807, 2.05) is 32.0 Å². The lowest BCUT2D eigenvalue weighted by Gasteiger charge is -2.46. The van der Waals surface area contributed by atoms with Gasteiger partial charge in [-0.3, -0.25) is 4.72 Å². The summed E-state index contributed by atoms with van der Waals surface area (Å²) in [5.41, 5.74) is 1.31. The maximum Gasteiger partial charge on any atom is 0.239 e. The minimum Gasteiger partial charge on any atom is -0.495 e. The second-order valence-electron chi connectivity index (χ2n) is 7.69. The first-order valence-corrected chi connectivity index (χ1v) is 11.3. The zero-order valence-corrected chi connectivity index (χ0v) is 18.6. The summed E-state index contributed by atoms with van der Waals surface area (Å²) in [7, 11) is -2.06. The van der Waals surface area contributed by atoms with Crippen molar-refractivity contribution in [3.63, 3.8) is 0 Å². The van der Waals surface area contributed by atoms with Crippen molar-refractivity contribution in [2.45, 2.75) is 84.8 Å². The molecule has 0 saturated heterocycles. The van der Waals surface area contributed by atoms with Gasteiger partial charge in [0.1, 0.15) is 5.75 Å². The van der Waals surface area contributed by atoms with Crippen LogP contribution >= 0.6 is 0 Å². The molecule has 0 saturated carbocycles. The van der Waals surface area contributed by atoms with E-state index in [4.69, 9.17) is 4.74 Å². The summed E-state index contributed by atoms with van der Waals surface area (Å²) >= 11 is 0. The normalized spacial score (nSPS) is 13.1. The summed E-state index contributed by atoms with van der Waals surface area (Å²) in [6, 6.07) is 5.72. The second-order valence-corrected chi connectivity index (χ2v) is 9.68. The monoisotopic (exact) mass is 383 g/mol. The molecule has 1 aromatic rings. The van der Waals surface area contributed by atoms with Crippen LogP contribution in [0.4, 0.5) is 5.69 Å². The maximum atomic E-state index is 13.6. The van der Waals surface area contributed by atoms with Crippen molar-refractivity contribution in [3.8, 4) is 5.75 Å². The molecule has 0 amide bonds. The summed E-state index contributed by atoms with van der Waals surface area (Å²) < 4.78 is 34.7. The molecule has 0 bridgehead atoms. The minimum absolute atomic E-state index is 0.300. The SMILES string of the molecule is CCC(C)(CC)C(CC)(CC)S(=O)(=O)Nc1cc(C(C)C)ccc1OC. The molecule has 1 aromatic carbocycles. The Balaban J connectivity index is 3.51. The van der Waals surface area contributed by atoms with Gasteiger partial charge >= 0.3 is 0 Å². The highest BCUT2D eigenvalue weighted by Crippen LogP contribution is 2.48. The van der Waals surface area contributed by atoms with E-state index in [2.05, 4.69) is 39.3 Å². The molecule has 1 rings (SSSR count). The van der Waals surface area contributed by atoms with Gasteiger partial charge in [-0.15, -0.1) is 0 Å². The lowest BCUT2D eigenvalue weighted by molar-refractivity contribution is 0.180. The average molecular weight is 384 g/mol. The fraction of sp³-hybridized carbons (Fsp3) is 0.714. The van der Waals surface area contributed by atoms with Crippen LogP contribution in [0.25, 0.3) is 0 Å². The fourth-order valence-electron chi connectivity index (χ4n) is 4.11. The summed E-state index contributed by atoms with van der Waals surface area (Å²) in [6.07, 6.45) is 2.77. The van der Waals surface area contributed by atoms with Crippen molar-refractivity contribution in [1.82, 2.24) is 0 Å². The van der Waals surface area contributed by atoms with Gasteiger partial charge in [-0.2, -0.15) is 0 Å². The molecule has 0 heterocycles. The van der Waals surface area contributed by atoms with Crippen LogP contribution in [0.5, 0.6) is 5.75 Å². The number of methoxy groups -OCH3 is 1. The Labute approximate surface area is 160 Å². The van der Waals surface area contributed by atoms with Gasteiger partial charge in [0, 0.05) is 0 Å². The van der Waals surface area contributed by atoms with E-state index in [-0.39, 0.29) is 5.41 Å². The molecule has 5 heteroatoms. The van der Waals surface area contributed by atoms with Crippen LogP contribution in [0.15, 0.2) is 18.2 Å². The van der Waals surface area contributed by atoms with Gasteiger partial charge in [0.05, 0.1) is 17.5 Å². The van der Waals surface area contributed by atoms with E-state index in [0.717, 1.165) is 18.4 Å². The maximum absolute atomic E-state index is 13.6. The van der Waals surface area contributed by atoms with Crippen LogP contribution in [-0.2, 0) is 10.0 Å². The van der Waals surface area contributed by atoms with Gasteiger partial charge in [0.25, 0.3) is 0 Å². The predicted molar refractivity (Wildman–Crippen MR) is 112 cm³/mol. The van der Waals surface area contributed by atoms with E-state index in [9.17, 15) is 8.42 Å². The zero-order chi connectivity index (χ0) is 20.2. The molecule has 4 nitrogen and oxygen atoms in total. The highest BCUT2D eigenvalue weighted by molar-refractivity contribution is 7.94. The molecule has 0 aliphatic heterocycles. The average Bonchev–Trinajstić information content (AvgIpc) is 2.61. The highest BCUT2D eigenvalue weighted by Gasteiger charge is 2.53. The number of ether oxygens (including phenoxy) is 1. The number of nitrogens with one attached hydrogen (secondary N) is 1. The van der Waals surface area contributed by atoms with Crippen molar-refractivity contribution >= 4 is 15.7 Å². The first-order chi connectivity index (χ1) is 12.1. The quantitative estimate of drug-likeness (QED) is 0.543. The van der Waals surface area contributed by atoms with E-state index in [0.29, 0.717) is 30.2 Å². The van der Waals surface area contributed by atoms with Gasteiger partial charge in [0.15, 0.2) is 0 Å². The topological polar surface area (TPSA) is 55.4 Å². The molecule has 26 heavy (non-hydrogen) atoms. The Bertz CT molecular complexity index is 687. The highest BCUT2D eigenvalue weighted by atomic mass is 32.2. The molecule has 0 radical (unpaired) electrons. The Morgan fingerprint density at radius 1 is 1.04 bits per heavy atom. The van der Waals surface area contributed by atoms with Gasteiger partial charge < -0.3 is 4.74 Å². The second kappa shape index (κ2) is 8.64. The zero-order valence-electron chi connectivity index (χ0n) is 17.8. The number of benzene rings is 1. The smallest absolute Gasteiger partial charge is 0.239 e. The standard InChI is InChI=1S/C21H37NO3S/c1-9-20(7,10-2)21(11-3,12-4)26(23,24)22-18-15-17(16(5)6)13-14-19(18)25-8/h13-16,22H,9-12H2,1-8H3. The third-order valence-electron chi connectivity index (χ3n) is 6.45. The third-order valence-corrected chi connectivity index (χ3v) is 9.04. The molecule has 0 aromatic heterocycles. The molecule has 0 aliphatic rings. The molecule has 0 fully saturated rings. The van der Waals surface area contributed by atoms with Gasteiger partial charge in [-0.05, 0) is 54.7 Å². The van der Waals surface area contributed by atoms with Crippen molar-refractivity contribution in [1.29, 1.82) is 0 Å². The van der Waals surface area contributed by atoms with Gasteiger partial charge in [-0.25, -0.2) is 8.42 Å². The molecule has 0 unspecified atom stereocenters. The van der Waals surface area contributed by atoms with E-state index < -0.39 is 14.8 Å². The van der Waals surface area contributed by atoms with Crippen LogP contribution in [0, 0.1) is 5.41 Å². The summed E-state index contributed by atoms with van der Waals surface area (Å²) in [5, 5.41) is 0. The number of hydrogen-bond acceptors (Lipinski definition) is 3. The molecule has 1 N–H and O–H groups in total. The summed E-state index contributed by atoms with van der Waals surface area (Å²) in [6.45, 7) is 14.4. The predicted octanol–water partition coefficient (Wildman–Crippen LogP) is 5.95. The summed E-state index contributed by atoms with van der Waals surface area (Å²) in [4.78, 5) is 0. The molecular weight excluding hydrogens is 346 g/mol. The molecule has 150 valence electrons. The van der Waals surface area contributed by atoms with Gasteiger partial charge in [0.2, 0.25) is 10.0 Å². The Kier molecular flexibility index (Phi) is 7.58. The number of rotatable bonds is 10. The Hall–Kier alpha value is -1.23. The fourth-order valence-corrected chi connectivity index (χ4v) is 6.45. The molecule has 0 atom stereocenters. The lowest BCUT2D eigenvalue weighted by Crippen LogP contribution is -2.53. The molecular formula is C21H37NO3S. The minimum atomic E-state index is -3.62. The van der Waals surface area contributed by atoms with Gasteiger partial charge in [-0.1, -0.05) is 54.5 Å². The first kappa shape index (κ1) is 22.8. The number of hydrogen-bond donors (Lipinski definition) is 1. The van der Waals surface area contributed by atoms with Crippen LogP contribution in [0.3, 0.4) is 0 Å². The van der Waals surface area contributed by atoms with E-state index >= 15 is 0 Å².